The fraction of sp³-hybridized carbons (Fsp3) is 0.538. The third-order valence-corrected chi connectivity index (χ3v) is 3.36. The first-order valence-electron chi connectivity index (χ1n) is 6.36. The third-order valence-electron chi connectivity index (χ3n) is 2.50. The van der Waals surface area contributed by atoms with Crippen LogP contribution in [0.3, 0.4) is 0 Å². The average molecular weight is 284 g/mol. The van der Waals surface area contributed by atoms with E-state index in [2.05, 4.69) is 10.6 Å². The van der Waals surface area contributed by atoms with Crippen molar-refractivity contribution in [3.63, 3.8) is 0 Å². The van der Waals surface area contributed by atoms with Crippen LogP contribution in [0.15, 0.2) is 17.5 Å². The minimum atomic E-state index is -0.398. The predicted octanol–water partition coefficient (Wildman–Crippen LogP) is 1.15. The zero-order chi connectivity index (χ0) is 14.1. The minimum absolute atomic E-state index is 0.0500. The molecule has 0 aliphatic heterocycles. The van der Waals surface area contributed by atoms with E-state index >= 15 is 0 Å². The normalized spacial score (nSPS) is 11.9. The largest absolute Gasteiger partial charge is 0.393 e. The van der Waals surface area contributed by atoms with Gasteiger partial charge in [0.1, 0.15) is 0 Å². The van der Waals surface area contributed by atoms with Crippen LogP contribution < -0.4 is 10.6 Å². The second-order valence-corrected chi connectivity index (χ2v) is 5.27. The van der Waals surface area contributed by atoms with Gasteiger partial charge in [-0.05, 0) is 31.2 Å². The minimum Gasteiger partial charge on any atom is -0.393 e. The van der Waals surface area contributed by atoms with Crippen molar-refractivity contribution in [2.45, 2.75) is 32.3 Å². The molecule has 1 aromatic heterocycles. The Morgan fingerprint density at radius 1 is 1.37 bits per heavy atom. The molecule has 0 radical (unpaired) electrons. The van der Waals surface area contributed by atoms with Crippen molar-refractivity contribution >= 4 is 23.2 Å². The summed E-state index contributed by atoms with van der Waals surface area (Å²) < 4.78 is 0. The van der Waals surface area contributed by atoms with Crippen LogP contribution in [0.1, 0.15) is 35.9 Å². The molecule has 0 fully saturated rings. The lowest BCUT2D eigenvalue weighted by Crippen LogP contribution is -2.28. The Kier molecular flexibility index (Phi) is 7.14. The van der Waals surface area contributed by atoms with E-state index in [1.54, 1.807) is 13.0 Å². The lowest BCUT2D eigenvalue weighted by Gasteiger charge is -2.07. The molecule has 0 saturated carbocycles. The van der Waals surface area contributed by atoms with Gasteiger partial charge in [-0.1, -0.05) is 6.07 Å². The highest BCUT2D eigenvalue weighted by Gasteiger charge is 2.06. The van der Waals surface area contributed by atoms with Crippen LogP contribution in [0.25, 0.3) is 0 Å². The molecule has 0 aliphatic carbocycles. The van der Waals surface area contributed by atoms with Crippen LogP contribution in [0.2, 0.25) is 0 Å². The molecule has 2 amide bonds. The smallest absolute Gasteiger partial charge is 0.261 e. The van der Waals surface area contributed by atoms with Gasteiger partial charge in [0, 0.05) is 19.5 Å². The molecule has 0 aliphatic rings. The highest BCUT2D eigenvalue weighted by atomic mass is 32.1. The third kappa shape index (κ3) is 6.93. The first-order chi connectivity index (χ1) is 9.09. The number of rotatable bonds is 8. The first-order valence-corrected chi connectivity index (χ1v) is 7.24. The number of aliphatic hydroxyl groups is 1. The van der Waals surface area contributed by atoms with Gasteiger partial charge in [0.05, 0.1) is 11.0 Å². The second-order valence-electron chi connectivity index (χ2n) is 4.32. The van der Waals surface area contributed by atoms with Gasteiger partial charge >= 0.3 is 0 Å². The van der Waals surface area contributed by atoms with Crippen LogP contribution in [0, 0.1) is 0 Å². The Balaban J connectivity index is 2.04. The second kappa shape index (κ2) is 8.66. The number of thiophene rings is 1. The van der Waals surface area contributed by atoms with Crippen molar-refractivity contribution in [2.24, 2.45) is 0 Å². The molecule has 0 saturated heterocycles. The zero-order valence-electron chi connectivity index (χ0n) is 11.0. The van der Waals surface area contributed by atoms with Crippen molar-refractivity contribution in [3.8, 4) is 0 Å². The summed E-state index contributed by atoms with van der Waals surface area (Å²) in [5.41, 5.74) is 0. The summed E-state index contributed by atoms with van der Waals surface area (Å²) >= 11 is 1.39. The summed E-state index contributed by atoms with van der Waals surface area (Å²) in [4.78, 5) is 23.6. The van der Waals surface area contributed by atoms with Crippen LogP contribution in [0.4, 0.5) is 0 Å². The Morgan fingerprint density at radius 2 is 2.16 bits per heavy atom. The molecular formula is C13H20N2O3S. The summed E-state index contributed by atoms with van der Waals surface area (Å²) in [7, 11) is 0. The molecular weight excluding hydrogens is 264 g/mol. The summed E-state index contributed by atoms with van der Waals surface area (Å²) in [6, 6.07) is 3.60. The molecule has 1 unspecified atom stereocenters. The van der Waals surface area contributed by atoms with E-state index in [0.29, 0.717) is 37.2 Å². The van der Waals surface area contributed by atoms with Crippen molar-refractivity contribution in [3.05, 3.63) is 22.4 Å². The van der Waals surface area contributed by atoms with Crippen LogP contribution in [0.5, 0.6) is 0 Å². The summed E-state index contributed by atoms with van der Waals surface area (Å²) in [5.74, 6) is -0.143. The maximum absolute atomic E-state index is 11.6. The maximum Gasteiger partial charge on any atom is 0.261 e. The highest BCUT2D eigenvalue weighted by Crippen LogP contribution is 2.07. The quantitative estimate of drug-likeness (QED) is 0.627. The maximum atomic E-state index is 11.6. The number of aliphatic hydroxyl groups excluding tert-OH is 1. The fourth-order valence-corrected chi connectivity index (χ4v) is 2.09. The number of nitrogens with one attached hydrogen (secondary N) is 2. The molecule has 5 nitrogen and oxygen atoms in total. The van der Waals surface area contributed by atoms with E-state index in [1.165, 1.54) is 11.3 Å². The van der Waals surface area contributed by atoms with Gasteiger partial charge in [-0.15, -0.1) is 11.3 Å². The summed E-state index contributed by atoms with van der Waals surface area (Å²) in [6.45, 7) is 2.66. The summed E-state index contributed by atoms with van der Waals surface area (Å²) in [5, 5.41) is 16.4. The van der Waals surface area contributed by atoms with E-state index < -0.39 is 6.10 Å². The van der Waals surface area contributed by atoms with Crippen molar-refractivity contribution in [1.82, 2.24) is 10.6 Å². The van der Waals surface area contributed by atoms with Gasteiger partial charge in [-0.3, -0.25) is 9.59 Å². The van der Waals surface area contributed by atoms with Gasteiger partial charge in [-0.25, -0.2) is 0 Å². The highest BCUT2D eigenvalue weighted by molar-refractivity contribution is 7.12. The lowest BCUT2D eigenvalue weighted by molar-refractivity contribution is -0.121. The number of carbonyl (C=O) groups is 2. The van der Waals surface area contributed by atoms with Crippen LogP contribution in [-0.2, 0) is 4.79 Å². The molecule has 1 rings (SSSR count). The molecule has 0 bridgehead atoms. The zero-order valence-corrected chi connectivity index (χ0v) is 11.8. The van der Waals surface area contributed by atoms with Gasteiger partial charge < -0.3 is 15.7 Å². The average Bonchev–Trinajstić information content (AvgIpc) is 2.87. The van der Waals surface area contributed by atoms with Gasteiger partial charge in [0.15, 0.2) is 0 Å². The number of amides is 2. The van der Waals surface area contributed by atoms with Gasteiger partial charge in [-0.2, -0.15) is 0 Å². The lowest BCUT2D eigenvalue weighted by atomic mass is 10.2. The standard InChI is InChI=1S/C13H20N2O3S/c1-10(16)6-8-14-12(17)5-2-7-15-13(18)11-4-3-9-19-11/h3-4,9-10,16H,2,5-8H2,1H3,(H,14,17)(H,15,18). The van der Waals surface area contributed by atoms with Crippen LogP contribution >= 0.6 is 11.3 Å². The van der Waals surface area contributed by atoms with E-state index in [-0.39, 0.29) is 11.8 Å². The number of hydrogen-bond acceptors (Lipinski definition) is 4. The van der Waals surface area contributed by atoms with Gasteiger partial charge in [0.25, 0.3) is 5.91 Å². The van der Waals surface area contributed by atoms with Gasteiger partial charge in [0.2, 0.25) is 5.91 Å². The molecule has 1 heterocycles. The van der Waals surface area contributed by atoms with E-state index in [9.17, 15) is 9.59 Å². The van der Waals surface area contributed by atoms with E-state index in [0.717, 1.165) is 0 Å². The topological polar surface area (TPSA) is 78.4 Å². The summed E-state index contributed by atoms with van der Waals surface area (Å²) in [6.07, 6.45) is 1.15. The Labute approximate surface area is 117 Å². The molecule has 19 heavy (non-hydrogen) atoms. The van der Waals surface area contributed by atoms with Crippen molar-refractivity contribution < 1.29 is 14.7 Å². The molecule has 106 valence electrons. The Morgan fingerprint density at radius 3 is 2.79 bits per heavy atom. The van der Waals surface area contributed by atoms with Crippen molar-refractivity contribution in [2.75, 3.05) is 13.1 Å². The Bertz CT molecular complexity index is 391. The monoisotopic (exact) mass is 284 g/mol. The fourth-order valence-electron chi connectivity index (χ4n) is 1.45. The first kappa shape index (κ1) is 15.7. The number of carbonyl (C=O) groups excluding carboxylic acids is 2. The molecule has 1 aromatic rings. The Hall–Kier alpha value is -1.40. The van der Waals surface area contributed by atoms with Crippen LogP contribution in [-0.4, -0.2) is 36.1 Å². The van der Waals surface area contributed by atoms with Crippen molar-refractivity contribution in [1.29, 1.82) is 0 Å². The molecule has 6 heteroatoms. The SMILES string of the molecule is CC(O)CCNC(=O)CCCNC(=O)c1cccs1. The van der Waals surface area contributed by atoms with E-state index in [4.69, 9.17) is 5.11 Å². The molecule has 3 N–H and O–H groups in total. The van der Waals surface area contributed by atoms with E-state index in [1.807, 2.05) is 11.4 Å². The number of hydrogen-bond donors (Lipinski definition) is 3. The molecule has 1 atom stereocenters. The molecule has 0 aromatic carbocycles. The predicted molar refractivity (Wildman–Crippen MR) is 75.2 cm³/mol. The molecule has 0 spiro atoms.